The monoisotopic (exact) mass is 300 g/mol. The molecule has 8 N–H and O–H groups in total. The Balaban J connectivity index is 0.00000180. The van der Waals surface area contributed by atoms with Crippen LogP contribution in [0, 0.1) is 5.41 Å². The van der Waals surface area contributed by atoms with Gasteiger partial charge < -0.3 is 26.6 Å². The third kappa shape index (κ3) is 3.87. The van der Waals surface area contributed by atoms with Gasteiger partial charge in [0.2, 0.25) is 0 Å². The molecule has 2 rings (SSSR count). The van der Waals surface area contributed by atoms with Crippen molar-refractivity contribution in [3.63, 3.8) is 0 Å². The molecule has 0 spiro atoms. The largest absolute Gasteiger partial charge is 0.465 e. The maximum atomic E-state index is 10.4. The minimum atomic E-state index is -1.03. The molecule has 2 aromatic rings. The molecule has 1 amide bonds. The van der Waals surface area contributed by atoms with E-state index in [0.717, 1.165) is 16.5 Å². The van der Waals surface area contributed by atoms with Crippen molar-refractivity contribution in [3.8, 4) is 0 Å². The van der Waals surface area contributed by atoms with Gasteiger partial charge in [0.1, 0.15) is 5.84 Å². The van der Waals surface area contributed by atoms with Gasteiger partial charge in [-0.3, -0.25) is 5.41 Å². The standard InChI is InChI=1S/C12H14N4O2.ClH.H2O/c13-11(14)7-1-2-10-9(5-7)8(6-16-10)3-4-15-12(17)18;;/h1-2,5-6,15-16H,3-4H2,(H3,13,14)(H,17,18);1H;1H2. The molecule has 0 saturated carbocycles. The summed E-state index contributed by atoms with van der Waals surface area (Å²) in [6.07, 6.45) is 1.41. The van der Waals surface area contributed by atoms with E-state index < -0.39 is 6.09 Å². The predicted molar refractivity (Wildman–Crippen MR) is 79.9 cm³/mol. The van der Waals surface area contributed by atoms with Gasteiger partial charge in [0.05, 0.1) is 0 Å². The van der Waals surface area contributed by atoms with Crippen LogP contribution in [0.1, 0.15) is 11.1 Å². The number of nitrogens with one attached hydrogen (secondary N) is 3. The third-order valence-corrected chi connectivity index (χ3v) is 2.75. The fourth-order valence-corrected chi connectivity index (χ4v) is 1.86. The van der Waals surface area contributed by atoms with Crippen molar-refractivity contribution in [2.75, 3.05) is 6.54 Å². The number of carbonyl (C=O) groups is 1. The highest BCUT2D eigenvalue weighted by atomic mass is 35.5. The SMILES string of the molecule is Cl.N=C(N)c1ccc2[nH]cc(CCNC(=O)O)c2c1.O. The number of halogens is 1. The molecule has 0 aliphatic heterocycles. The number of hydrogen-bond acceptors (Lipinski definition) is 2. The fourth-order valence-electron chi connectivity index (χ4n) is 1.86. The fraction of sp³-hybridized carbons (Fsp3) is 0.167. The summed E-state index contributed by atoms with van der Waals surface area (Å²) in [6.45, 7) is 0.354. The van der Waals surface area contributed by atoms with Crippen LogP contribution in [0.25, 0.3) is 10.9 Å². The summed E-state index contributed by atoms with van der Waals surface area (Å²) in [7, 11) is 0. The van der Waals surface area contributed by atoms with Crippen LogP contribution in [0.3, 0.4) is 0 Å². The van der Waals surface area contributed by atoms with E-state index in [-0.39, 0.29) is 23.7 Å². The van der Waals surface area contributed by atoms with Crippen molar-refractivity contribution < 1.29 is 15.4 Å². The van der Waals surface area contributed by atoms with Crippen LogP contribution in [0.5, 0.6) is 0 Å². The number of H-pyrrole nitrogens is 1. The topological polar surface area (TPSA) is 146 Å². The third-order valence-electron chi connectivity index (χ3n) is 2.75. The number of amides is 1. The first-order valence-electron chi connectivity index (χ1n) is 5.49. The van der Waals surface area contributed by atoms with Crippen molar-refractivity contribution in [2.45, 2.75) is 6.42 Å². The predicted octanol–water partition coefficient (Wildman–Crippen LogP) is 0.859. The van der Waals surface area contributed by atoms with Gasteiger partial charge in [-0.15, -0.1) is 12.4 Å². The van der Waals surface area contributed by atoms with Gasteiger partial charge in [0, 0.05) is 29.2 Å². The van der Waals surface area contributed by atoms with Crippen molar-refractivity contribution >= 4 is 35.2 Å². The number of carboxylic acid groups (broad SMARTS) is 1. The van der Waals surface area contributed by atoms with Crippen LogP contribution in [0.2, 0.25) is 0 Å². The molecule has 1 heterocycles. The molecular formula is C12H17ClN4O3. The average molecular weight is 301 g/mol. The summed E-state index contributed by atoms with van der Waals surface area (Å²) in [6, 6.07) is 5.48. The quantitative estimate of drug-likeness (QED) is 0.421. The molecule has 0 radical (unpaired) electrons. The molecule has 0 saturated heterocycles. The van der Waals surface area contributed by atoms with Gasteiger partial charge in [-0.1, -0.05) is 0 Å². The van der Waals surface area contributed by atoms with Crippen molar-refractivity contribution in [3.05, 3.63) is 35.5 Å². The van der Waals surface area contributed by atoms with Crippen molar-refractivity contribution in [2.24, 2.45) is 5.73 Å². The van der Waals surface area contributed by atoms with E-state index in [0.29, 0.717) is 18.5 Å². The zero-order chi connectivity index (χ0) is 13.1. The van der Waals surface area contributed by atoms with Gasteiger partial charge in [0.15, 0.2) is 0 Å². The van der Waals surface area contributed by atoms with Crippen LogP contribution >= 0.6 is 12.4 Å². The van der Waals surface area contributed by atoms with Crippen LogP contribution in [0.15, 0.2) is 24.4 Å². The Morgan fingerprint density at radius 3 is 2.75 bits per heavy atom. The number of nitrogen functional groups attached to an aromatic ring is 1. The number of hydrogen-bond donors (Lipinski definition) is 5. The molecule has 20 heavy (non-hydrogen) atoms. The second-order valence-electron chi connectivity index (χ2n) is 3.97. The summed E-state index contributed by atoms with van der Waals surface area (Å²) in [5.74, 6) is 0.0210. The van der Waals surface area contributed by atoms with Gasteiger partial charge in [0.25, 0.3) is 0 Å². The minimum Gasteiger partial charge on any atom is -0.465 e. The highest BCUT2D eigenvalue weighted by molar-refractivity contribution is 5.99. The summed E-state index contributed by atoms with van der Waals surface area (Å²) < 4.78 is 0. The first kappa shape index (κ1) is 17.8. The molecule has 0 fully saturated rings. The highest BCUT2D eigenvalue weighted by Crippen LogP contribution is 2.20. The molecule has 1 aromatic carbocycles. The zero-order valence-corrected chi connectivity index (χ0v) is 11.4. The van der Waals surface area contributed by atoms with Crippen LogP contribution in [-0.4, -0.2) is 34.0 Å². The van der Waals surface area contributed by atoms with E-state index in [2.05, 4.69) is 10.3 Å². The van der Waals surface area contributed by atoms with Crippen LogP contribution < -0.4 is 11.1 Å². The smallest absolute Gasteiger partial charge is 0.404 e. The summed E-state index contributed by atoms with van der Waals surface area (Å²) in [5, 5.41) is 19.2. The highest BCUT2D eigenvalue weighted by Gasteiger charge is 2.06. The lowest BCUT2D eigenvalue weighted by Crippen LogP contribution is -2.23. The molecule has 0 unspecified atom stereocenters. The van der Waals surface area contributed by atoms with Crippen LogP contribution in [-0.2, 0) is 6.42 Å². The number of benzene rings is 1. The van der Waals surface area contributed by atoms with Gasteiger partial charge >= 0.3 is 6.09 Å². The summed E-state index contributed by atoms with van der Waals surface area (Å²) in [5.41, 5.74) is 8.06. The lowest BCUT2D eigenvalue weighted by Gasteiger charge is -2.02. The molecule has 0 aliphatic carbocycles. The normalized spacial score (nSPS) is 9.40. The second kappa shape index (κ2) is 7.37. The van der Waals surface area contributed by atoms with Crippen LogP contribution in [0.4, 0.5) is 4.79 Å². The van der Waals surface area contributed by atoms with E-state index in [1.807, 2.05) is 18.3 Å². The lowest BCUT2D eigenvalue weighted by atomic mass is 10.1. The van der Waals surface area contributed by atoms with Crippen molar-refractivity contribution in [1.29, 1.82) is 5.41 Å². The Morgan fingerprint density at radius 1 is 1.45 bits per heavy atom. The van der Waals surface area contributed by atoms with E-state index >= 15 is 0 Å². The summed E-state index contributed by atoms with van der Waals surface area (Å²) in [4.78, 5) is 13.5. The number of nitrogens with two attached hydrogens (primary N) is 1. The molecule has 0 bridgehead atoms. The number of aromatic nitrogens is 1. The Morgan fingerprint density at radius 2 is 2.15 bits per heavy atom. The molecule has 8 heteroatoms. The molecular weight excluding hydrogens is 284 g/mol. The van der Waals surface area contributed by atoms with Crippen molar-refractivity contribution in [1.82, 2.24) is 10.3 Å². The zero-order valence-electron chi connectivity index (χ0n) is 10.6. The molecule has 0 atom stereocenters. The molecule has 1 aromatic heterocycles. The molecule has 7 nitrogen and oxygen atoms in total. The number of aromatic amines is 1. The van der Waals surface area contributed by atoms with Gasteiger partial charge in [-0.05, 0) is 30.2 Å². The lowest BCUT2D eigenvalue weighted by molar-refractivity contribution is 0.194. The Bertz CT molecular complexity index is 612. The van der Waals surface area contributed by atoms with E-state index in [9.17, 15) is 4.79 Å². The first-order valence-corrected chi connectivity index (χ1v) is 5.49. The molecule has 0 aliphatic rings. The van der Waals surface area contributed by atoms with Gasteiger partial charge in [-0.2, -0.15) is 0 Å². The number of rotatable bonds is 4. The average Bonchev–Trinajstić information content (AvgIpc) is 2.71. The maximum absolute atomic E-state index is 10.4. The Hall–Kier alpha value is -2.25. The Labute approximate surface area is 121 Å². The first-order chi connectivity index (χ1) is 8.58. The van der Waals surface area contributed by atoms with E-state index in [4.69, 9.17) is 16.2 Å². The number of fused-ring (bicyclic) bond motifs is 1. The Kier molecular flexibility index (Phi) is 6.54. The van der Waals surface area contributed by atoms with E-state index in [1.165, 1.54) is 0 Å². The number of amidine groups is 1. The van der Waals surface area contributed by atoms with Gasteiger partial charge in [-0.25, -0.2) is 4.79 Å². The second-order valence-corrected chi connectivity index (χ2v) is 3.97. The molecule has 110 valence electrons. The van der Waals surface area contributed by atoms with E-state index in [1.54, 1.807) is 6.07 Å². The summed E-state index contributed by atoms with van der Waals surface area (Å²) >= 11 is 0. The minimum absolute atomic E-state index is 0. The maximum Gasteiger partial charge on any atom is 0.404 e.